The highest BCUT2D eigenvalue weighted by Crippen LogP contribution is 2.16. The van der Waals surface area contributed by atoms with Crippen LogP contribution in [0.5, 0.6) is 0 Å². The minimum absolute atomic E-state index is 0.236. The summed E-state index contributed by atoms with van der Waals surface area (Å²) >= 11 is 0. The van der Waals surface area contributed by atoms with E-state index in [1.807, 2.05) is 0 Å². The first-order valence-corrected chi connectivity index (χ1v) is 3.67. The molecule has 0 aromatic rings. The molecule has 0 bridgehead atoms. The van der Waals surface area contributed by atoms with Crippen LogP contribution in [-0.2, 0) is 4.74 Å². The van der Waals surface area contributed by atoms with E-state index in [0.717, 1.165) is 19.6 Å². The third-order valence-corrected chi connectivity index (χ3v) is 2.00. The standard InChI is InChI=1S/C7H14FNO/c1-10-6-7-2-4-9(7)5-3-8/h7H,2-6H2,1H3. The van der Waals surface area contributed by atoms with Crippen LogP contribution in [0.2, 0.25) is 0 Å². The molecule has 1 saturated heterocycles. The zero-order valence-electron chi connectivity index (χ0n) is 6.35. The maximum atomic E-state index is 11.8. The molecule has 1 rings (SSSR count). The zero-order chi connectivity index (χ0) is 7.40. The Kier molecular flexibility index (Phi) is 3.09. The van der Waals surface area contributed by atoms with Gasteiger partial charge in [0.15, 0.2) is 0 Å². The molecule has 1 aliphatic heterocycles. The Morgan fingerprint density at radius 2 is 2.50 bits per heavy atom. The van der Waals surface area contributed by atoms with Crippen LogP contribution in [0.25, 0.3) is 0 Å². The lowest BCUT2D eigenvalue weighted by Crippen LogP contribution is -2.50. The Morgan fingerprint density at radius 1 is 1.70 bits per heavy atom. The Hall–Kier alpha value is -0.150. The predicted molar refractivity (Wildman–Crippen MR) is 37.8 cm³/mol. The Labute approximate surface area is 61.0 Å². The van der Waals surface area contributed by atoms with Crippen LogP contribution in [0.1, 0.15) is 6.42 Å². The van der Waals surface area contributed by atoms with Gasteiger partial charge in [-0.25, -0.2) is 4.39 Å². The van der Waals surface area contributed by atoms with Gasteiger partial charge in [0.1, 0.15) is 6.67 Å². The number of rotatable bonds is 4. The molecule has 0 aliphatic carbocycles. The first kappa shape index (κ1) is 7.95. The topological polar surface area (TPSA) is 12.5 Å². The van der Waals surface area contributed by atoms with E-state index >= 15 is 0 Å². The third-order valence-electron chi connectivity index (χ3n) is 2.00. The van der Waals surface area contributed by atoms with Gasteiger partial charge in [-0.05, 0) is 6.42 Å². The Morgan fingerprint density at radius 3 is 2.90 bits per heavy atom. The second-order valence-corrected chi connectivity index (χ2v) is 2.62. The van der Waals surface area contributed by atoms with Gasteiger partial charge < -0.3 is 4.74 Å². The largest absolute Gasteiger partial charge is 0.383 e. The maximum Gasteiger partial charge on any atom is 0.102 e. The van der Waals surface area contributed by atoms with Gasteiger partial charge in [0.2, 0.25) is 0 Å². The van der Waals surface area contributed by atoms with Crippen molar-refractivity contribution in [2.75, 3.05) is 33.5 Å². The molecule has 0 aromatic heterocycles. The SMILES string of the molecule is COCC1CCN1CCF. The van der Waals surface area contributed by atoms with E-state index < -0.39 is 0 Å². The van der Waals surface area contributed by atoms with E-state index in [2.05, 4.69) is 4.90 Å². The highest BCUT2D eigenvalue weighted by molar-refractivity contribution is 4.81. The van der Waals surface area contributed by atoms with E-state index in [1.165, 1.54) is 0 Å². The van der Waals surface area contributed by atoms with Gasteiger partial charge >= 0.3 is 0 Å². The number of ether oxygens (including phenoxy) is 1. The maximum absolute atomic E-state index is 11.8. The summed E-state index contributed by atoms with van der Waals surface area (Å²) in [5, 5.41) is 0. The molecule has 0 amide bonds. The van der Waals surface area contributed by atoms with Crippen molar-refractivity contribution in [2.45, 2.75) is 12.5 Å². The molecular formula is C7H14FNO. The lowest BCUT2D eigenvalue weighted by Gasteiger charge is -2.39. The summed E-state index contributed by atoms with van der Waals surface area (Å²) in [6, 6.07) is 0.487. The summed E-state index contributed by atoms with van der Waals surface area (Å²) in [7, 11) is 1.69. The monoisotopic (exact) mass is 147 g/mol. The van der Waals surface area contributed by atoms with Crippen molar-refractivity contribution in [3.8, 4) is 0 Å². The first-order valence-electron chi connectivity index (χ1n) is 3.67. The fourth-order valence-corrected chi connectivity index (χ4v) is 1.28. The van der Waals surface area contributed by atoms with Crippen molar-refractivity contribution in [3.05, 3.63) is 0 Å². The molecule has 1 unspecified atom stereocenters. The van der Waals surface area contributed by atoms with E-state index in [4.69, 9.17) is 4.74 Å². The minimum atomic E-state index is -0.236. The molecule has 1 heterocycles. The Bertz CT molecular complexity index is 87.6. The lowest BCUT2D eigenvalue weighted by molar-refractivity contribution is 0.0202. The van der Waals surface area contributed by atoms with Gasteiger partial charge in [-0.15, -0.1) is 0 Å². The van der Waals surface area contributed by atoms with Gasteiger partial charge in [0, 0.05) is 26.2 Å². The summed E-state index contributed by atoms with van der Waals surface area (Å²) in [5.41, 5.74) is 0. The first-order chi connectivity index (χ1) is 4.88. The van der Waals surface area contributed by atoms with Crippen LogP contribution in [0.3, 0.4) is 0 Å². The van der Waals surface area contributed by atoms with Crippen LogP contribution in [-0.4, -0.2) is 44.4 Å². The summed E-state index contributed by atoms with van der Waals surface area (Å²) in [5.74, 6) is 0. The molecule has 10 heavy (non-hydrogen) atoms. The Balaban J connectivity index is 2.09. The highest BCUT2D eigenvalue weighted by Gasteiger charge is 2.26. The van der Waals surface area contributed by atoms with Gasteiger partial charge in [-0.2, -0.15) is 0 Å². The van der Waals surface area contributed by atoms with E-state index in [9.17, 15) is 4.39 Å². The van der Waals surface area contributed by atoms with Crippen LogP contribution in [0.15, 0.2) is 0 Å². The zero-order valence-corrected chi connectivity index (χ0v) is 6.35. The normalized spacial score (nSPS) is 26.4. The fraction of sp³-hybridized carbons (Fsp3) is 1.00. The van der Waals surface area contributed by atoms with Crippen molar-refractivity contribution in [3.63, 3.8) is 0 Å². The summed E-state index contributed by atoms with van der Waals surface area (Å²) < 4.78 is 16.8. The smallest absolute Gasteiger partial charge is 0.102 e. The minimum Gasteiger partial charge on any atom is -0.383 e. The molecule has 3 heteroatoms. The van der Waals surface area contributed by atoms with Gasteiger partial charge in [0.05, 0.1) is 6.61 Å². The van der Waals surface area contributed by atoms with Gasteiger partial charge in [-0.3, -0.25) is 4.90 Å². The van der Waals surface area contributed by atoms with E-state index in [1.54, 1.807) is 7.11 Å². The molecule has 2 nitrogen and oxygen atoms in total. The number of methoxy groups -OCH3 is 1. The fourth-order valence-electron chi connectivity index (χ4n) is 1.28. The molecule has 0 spiro atoms. The quantitative estimate of drug-likeness (QED) is 0.579. The van der Waals surface area contributed by atoms with Crippen LogP contribution < -0.4 is 0 Å². The lowest BCUT2D eigenvalue weighted by atomic mass is 10.1. The van der Waals surface area contributed by atoms with Crippen molar-refractivity contribution >= 4 is 0 Å². The summed E-state index contributed by atoms with van der Waals surface area (Å²) in [6.45, 7) is 2.13. The highest BCUT2D eigenvalue weighted by atomic mass is 19.1. The number of nitrogens with zero attached hydrogens (tertiary/aromatic N) is 1. The average molecular weight is 147 g/mol. The molecule has 60 valence electrons. The molecule has 1 atom stereocenters. The molecule has 1 fully saturated rings. The van der Waals surface area contributed by atoms with E-state index in [0.29, 0.717) is 12.6 Å². The van der Waals surface area contributed by atoms with Crippen molar-refractivity contribution in [1.82, 2.24) is 4.90 Å². The van der Waals surface area contributed by atoms with Crippen LogP contribution in [0, 0.1) is 0 Å². The van der Waals surface area contributed by atoms with Crippen LogP contribution >= 0.6 is 0 Å². The molecule has 0 N–H and O–H groups in total. The van der Waals surface area contributed by atoms with Gasteiger partial charge in [0.25, 0.3) is 0 Å². The van der Waals surface area contributed by atoms with Gasteiger partial charge in [-0.1, -0.05) is 0 Å². The van der Waals surface area contributed by atoms with E-state index in [-0.39, 0.29) is 6.67 Å². The molecule has 0 aromatic carbocycles. The number of hydrogen-bond donors (Lipinski definition) is 0. The van der Waals surface area contributed by atoms with Crippen molar-refractivity contribution < 1.29 is 9.13 Å². The predicted octanol–water partition coefficient (Wildman–Crippen LogP) is 0.677. The molecule has 0 saturated carbocycles. The van der Waals surface area contributed by atoms with Crippen molar-refractivity contribution in [2.24, 2.45) is 0 Å². The molecular weight excluding hydrogens is 133 g/mol. The second kappa shape index (κ2) is 3.88. The second-order valence-electron chi connectivity index (χ2n) is 2.62. The number of likely N-dealkylation sites (tertiary alicyclic amines) is 1. The van der Waals surface area contributed by atoms with Crippen LogP contribution in [0.4, 0.5) is 4.39 Å². The summed E-state index contributed by atoms with van der Waals surface area (Å²) in [4.78, 5) is 2.11. The average Bonchev–Trinajstić information content (AvgIpc) is 1.93. The number of alkyl halides is 1. The number of hydrogen-bond acceptors (Lipinski definition) is 2. The van der Waals surface area contributed by atoms with Crippen molar-refractivity contribution in [1.29, 1.82) is 0 Å². The molecule has 1 aliphatic rings. The third kappa shape index (κ3) is 1.67. The summed E-state index contributed by atoms with van der Waals surface area (Å²) in [6.07, 6.45) is 1.16. The molecule has 0 radical (unpaired) electrons. The number of halogens is 1.